The molecule has 2 unspecified atom stereocenters. The second kappa shape index (κ2) is 4.52. The fraction of sp³-hybridized carbons (Fsp3) is 0.778. The Morgan fingerprint density at radius 2 is 2.50 bits per heavy atom. The molecule has 5 nitrogen and oxygen atoms in total. The molecule has 5 heteroatoms. The van der Waals surface area contributed by atoms with E-state index in [9.17, 15) is 0 Å². The van der Waals surface area contributed by atoms with Gasteiger partial charge in [0.15, 0.2) is 5.82 Å². The third-order valence-corrected chi connectivity index (χ3v) is 2.89. The van der Waals surface area contributed by atoms with E-state index in [-0.39, 0.29) is 0 Å². The SMILES string of the molecule is NCC1CCCC1NCc1ncon1. The van der Waals surface area contributed by atoms with Crippen LogP contribution in [0.25, 0.3) is 0 Å². The lowest BCUT2D eigenvalue weighted by molar-refractivity contribution is 0.383. The van der Waals surface area contributed by atoms with E-state index in [0.717, 1.165) is 6.54 Å². The van der Waals surface area contributed by atoms with E-state index in [1.807, 2.05) is 0 Å². The van der Waals surface area contributed by atoms with Gasteiger partial charge in [0.1, 0.15) is 0 Å². The molecule has 1 fully saturated rings. The first-order valence-electron chi connectivity index (χ1n) is 5.09. The van der Waals surface area contributed by atoms with Crippen LogP contribution in [0.5, 0.6) is 0 Å². The minimum absolute atomic E-state index is 0.526. The lowest BCUT2D eigenvalue weighted by Gasteiger charge is -2.18. The van der Waals surface area contributed by atoms with Crippen molar-refractivity contribution in [3.8, 4) is 0 Å². The molecule has 1 aromatic rings. The highest BCUT2D eigenvalue weighted by Crippen LogP contribution is 2.24. The van der Waals surface area contributed by atoms with Gasteiger partial charge in [-0.15, -0.1) is 0 Å². The monoisotopic (exact) mass is 196 g/mol. The van der Waals surface area contributed by atoms with Crippen LogP contribution in [0.1, 0.15) is 25.1 Å². The molecule has 0 bridgehead atoms. The summed E-state index contributed by atoms with van der Waals surface area (Å²) in [7, 11) is 0. The van der Waals surface area contributed by atoms with E-state index < -0.39 is 0 Å². The Morgan fingerprint density at radius 3 is 3.21 bits per heavy atom. The summed E-state index contributed by atoms with van der Waals surface area (Å²) >= 11 is 0. The third-order valence-electron chi connectivity index (χ3n) is 2.89. The van der Waals surface area contributed by atoms with Gasteiger partial charge in [-0.25, -0.2) is 0 Å². The van der Waals surface area contributed by atoms with Crippen molar-refractivity contribution in [1.82, 2.24) is 15.5 Å². The van der Waals surface area contributed by atoms with Crippen LogP contribution < -0.4 is 11.1 Å². The molecule has 0 radical (unpaired) electrons. The van der Waals surface area contributed by atoms with Gasteiger partial charge < -0.3 is 15.6 Å². The average Bonchev–Trinajstić information content (AvgIpc) is 2.85. The predicted octanol–water partition coefficient (Wildman–Crippen LogP) is 0.287. The molecule has 0 aromatic carbocycles. The molecule has 0 saturated heterocycles. The van der Waals surface area contributed by atoms with Crippen molar-refractivity contribution in [2.24, 2.45) is 11.7 Å². The van der Waals surface area contributed by atoms with Gasteiger partial charge in [-0.05, 0) is 25.3 Å². The molecule has 1 aromatic heterocycles. The zero-order chi connectivity index (χ0) is 9.80. The first-order valence-corrected chi connectivity index (χ1v) is 5.09. The van der Waals surface area contributed by atoms with Gasteiger partial charge in [0.2, 0.25) is 6.39 Å². The summed E-state index contributed by atoms with van der Waals surface area (Å²) < 4.78 is 4.66. The average molecular weight is 196 g/mol. The second-order valence-electron chi connectivity index (χ2n) is 3.76. The Kier molecular flexibility index (Phi) is 3.10. The zero-order valence-corrected chi connectivity index (χ0v) is 8.15. The van der Waals surface area contributed by atoms with Crippen LogP contribution in [0.2, 0.25) is 0 Å². The summed E-state index contributed by atoms with van der Waals surface area (Å²) in [5.74, 6) is 1.33. The highest BCUT2D eigenvalue weighted by Gasteiger charge is 2.25. The number of hydrogen-bond donors (Lipinski definition) is 2. The van der Waals surface area contributed by atoms with Crippen molar-refractivity contribution in [3.63, 3.8) is 0 Å². The fourth-order valence-electron chi connectivity index (χ4n) is 2.08. The van der Waals surface area contributed by atoms with E-state index in [1.54, 1.807) is 0 Å². The molecule has 14 heavy (non-hydrogen) atoms. The zero-order valence-electron chi connectivity index (χ0n) is 8.15. The Bertz CT molecular complexity index is 262. The summed E-state index contributed by atoms with van der Waals surface area (Å²) in [6, 6.07) is 0.526. The van der Waals surface area contributed by atoms with E-state index in [2.05, 4.69) is 20.0 Å². The maximum atomic E-state index is 5.68. The van der Waals surface area contributed by atoms with Crippen molar-refractivity contribution in [2.45, 2.75) is 31.8 Å². The molecular formula is C9H16N4O. The third kappa shape index (κ3) is 2.10. The van der Waals surface area contributed by atoms with E-state index in [1.165, 1.54) is 25.7 Å². The maximum Gasteiger partial charge on any atom is 0.213 e. The van der Waals surface area contributed by atoms with Gasteiger partial charge in [-0.3, -0.25) is 0 Å². The van der Waals surface area contributed by atoms with Crippen molar-refractivity contribution in [2.75, 3.05) is 6.54 Å². The quantitative estimate of drug-likeness (QED) is 0.723. The van der Waals surface area contributed by atoms with Crippen LogP contribution in [0.15, 0.2) is 10.9 Å². The molecule has 1 aliphatic carbocycles. The Labute approximate surface area is 83.1 Å². The molecule has 2 rings (SSSR count). The molecule has 0 aliphatic heterocycles. The topological polar surface area (TPSA) is 77.0 Å². The normalized spacial score (nSPS) is 26.9. The first kappa shape index (κ1) is 9.61. The Hall–Kier alpha value is -0.940. The Balaban J connectivity index is 1.80. The van der Waals surface area contributed by atoms with Crippen molar-refractivity contribution in [1.29, 1.82) is 0 Å². The van der Waals surface area contributed by atoms with Crippen molar-refractivity contribution >= 4 is 0 Å². The summed E-state index contributed by atoms with van der Waals surface area (Å²) in [5.41, 5.74) is 5.68. The van der Waals surface area contributed by atoms with Gasteiger partial charge in [0.05, 0.1) is 6.54 Å². The van der Waals surface area contributed by atoms with E-state index in [0.29, 0.717) is 24.3 Å². The van der Waals surface area contributed by atoms with Crippen molar-refractivity contribution in [3.05, 3.63) is 12.2 Å². The van der Waals surface area contributed by atoms with Crippen LogP contribution in [0, 0.1) is 5.92 Å². The number of rotatable bonds is 4. The van der Waals surface area contributed by atoms with Crippen LogP contribution >= 0.6 is 0 Å². The number of aromatic nitrogens is 2. The fourth-order valence-corrected chi connectivity index (χ4v) is 2.08. The van der Waals surface area contributed by atoms with Gasteiger partial charge in [0, 0.05) is 6.04 Å². The maximum absolute atomic E-state index is 5.68. The standard InChI is InChI=1S/C9H16N4O/c10-4-7-2-1-3-8(7)11-5-9-12-6-14-13-9/h6-8,11H,1-5,10H2. The number of nitrogens with two attached hydrogens (primary N) is 1. The molecule has 1 aliphatic rings. The number of nitrogens with zero attached hydrogens (tertiary/aromatic N) is 2. The lowest BCUT2D eigenvalue weighted by atomic mass is 10.0. The van der Waals surface area contributed by atoms with Gasteiger partial charge in [0.25, 0.3) is 0 Å². The van der Waals surface area contributed by atoms with Crippen LogP contribution in [0.4, 0.5) is 0 Å². The minimum Gasteiger partial charge on any atom is -0.343 e. The molecule has 0 spiro atoms. The molecule has 78 valence electrons. The van der Waals surface area contributed by atoms with E-state index >= 15 is 0 Å². The summed E-state index contributed by atoms with van der Waals surface area (Å²) in [4.78, 5) is 3.96. The molecule has 3 N–H and O–H groups in total. The largest absolute Gasteiger partial charge is 0.343 e. The first-order chi connectivity index (χ1) is 6.90. The number of hydrogen-bond acceptors (Lipinski definition) is 5. The Morgan fingerprint density at radius 1 is 1.57 bits per heavy atom. The van der Waals surface area contributed by atoms with Crippen LogP contribution in [-0.4, -0.2) is 22.7 Å². The highest BCUT2D eigenvalue weighted by molar-refractivity contribution is 4.86. The van der Waals surface area contributed by atoms with Gasteiger partial charge >= 0.3 is 0 Å². The summed E-state index contributed by atoms with van der Waals surface area (Å²) in [6.45, 7) is 1.45. The van der Waals surface area contributed by atoms with Gasteiger partial charge in [-0.2, -0.15) is 4.98 Å². The number of nitrogens with one attached hydrogen (secondary N) is 1. The van der Waals surface area contributed by atoms with Gasteiger partial charge in [-0.1, -0.05) is 11.6 Å². The highest BCUT2D eigenvalue weighted by atomic mass is 16.5. The van der Waals surface area contributed by atoms with Crippen LogP contribution in [-0.2, 0) is 6.54 Å². The van der Waals surface area contributed by atoms with E-state index in [4.69, 9.17) is 5.73 Å². The second-order valence-corrected chi connectivity index (χ2v) is 3.76. The summed E-state index contributed by atoms with van der Waals surface area (Å²) in [5, 5.41) is 7.17. The molecular weight excluding hydrogens is 180 g/mol. The van der Waals surface area contributed by atoms with Crippen LogP contribution in [0.3, 0.4) is 0 Å². The molecule has 1 saturated carbocycles. The summed E-state index contributed by atoms with van der Waals surface area (Å²) in [6.07, 6.45) is 5.07. The predicted molar refractivity (Wildman–Crippen MR) is 51.3 cm³/mol. The molecule has 2 atom stereocenters. The minimum atomic E-state index is 0.526. The lowest BCUT2D eigenvalue weighted by Crippen LogP contribution is -2.35. The van der Waals surface area contributed by atoms with Crippen molar-refractivity contribution < 1.29 is 4.52 Å². The molecule has 1 heterocycles. The molecule has 0 amide bonds. The smallest absolute Gasteiger partial charge is 0.213 e.